The predicted molar refractivity (Wildman–Crippen MR) is 315 cm³/mol. The van der Waals surface area contributed by atoms with Gasteiger partial charge in [0.15, 0.2) is 19.0 Å². The molecule has 2 fully saturated rings. The smallest absolute Gasteiger partial charge is 0.341 e. The molecule has 0 aliphatic carbocycles. The summed E-state index contributed by atoms with van der Waals surface area (Å²) in [6, 6.07) is 41.4. The van der Waals surface area contributed by atoms with Crippen molar-refractivity contribution in [3.05, 3.63) is 215 Å². The largest absolute Gasteiger partial charge is 0.507 e. The van der Waals surface area contributed by atoms with Gasteiger partial charge in [0.2, 0.25) is 0 Å². The minimum atomic E-state index is -1.10. The summed E-state index contributed by atoms with van der Waals surface area (Å²) in [4.78, 5) is 113. The minimum absolute atomic E-state index is 0.0248. The predicted octanol–water partition coefficient (Wildman–Crippen LogP) is 11.6. The van der Waals surface area contributed by atoms with Crippen LogP contribution in [0.25, 0.3) is 18.2 Å². The van der Waals surface area contributed by atoms with Crippen molar-refractivity contribution < 1.29 is 72.7 Å². The number of carbonyl (C=O) groups excluding carboxylic acids is 7. The Bertz CT molecular complexity index is 3620. The summed E-state index contributed by atoms with van der Waals surface area (Å²) in [6.45, 7) is 2.53. The van der Waals surface area contributed by atoms with E-state index in [1.807, 2.05) is 49.4 Å². The van der Waals surface area contributed by atoms with Gasteiger partial charge in [-0.3, -0.25) is 43.5 Å². The fraction of sp³-hybridized carbons (Fsp3) is 0.117. The third-order valence-electron chi connectivity index (χ3n) is 11.9. The summed E-state index contributed by atoms with van der Waals surface area (Å²) in [5, 5.41) is 26.6. The zero-order valence-corrected chi connectivity index (χ0v) is 48.4. The Balaban J connectivity index is 0.000000177. The summed E-state index contributed by atoms with van der Waals surface area (Å²) in [5.74, 6) is -3.65. The van der Waals surface area contributed by atoms with Gasteiger partial charge >= 0.3 is 17.9 Å². The van der Waals surface area contributed by atoms with Gasteiger partial charge in [-0.15, -0.1) is 0 Å². The van der Waals surface area contributed by atoms with E-state index in [-0.39, 0.29) is 56.7 Å². The van der Waals surface area contributed by atoms with Crippen LogP contribution in [0.1, 0.15) is 45.1 Å². The highest BCUT2D eigenvalue weighted by molar-refractivity contribution is 9.10. The van der Waals surface area contributed by atoms with E-state index in [2.05, 4.69) is 31.9 Å². The number of hydrogen-bond donors (Lipinski definition) is 3. The Morgan fingerprint density at radius 3 is 1.83 bits per heavy atom. The molecule has 0 saturated carbocycles. The standard InChI is InChI=1S/C21H17NO6S.C20H16BrNO4.C19H14BrNO5S/c1-13-2-6-15(7-3-13)17(23)11-22-20(26)18(29-21(22)27)10-14-4-8-16(9-5-14)28-12-19(24)25;1-12-18(20(25)26-2)16(11-13-5-3-4-6-17(13)23)19(24)22(12)15-9-7-14(21)8-10-15;20-14-6-7-15(26-11-17(22)23)13(8-14)9-16-18(24)21(19(25)27-16)10-12-4-2-1-3-5-12/h2-10H,11-12H2,1H3,(H,24,25);3-11,23H,1-2H3;1-9H,10-11H2,(H,22,23)/b18-10-;16-11-;16-9-. The maximum absolute atomic E-state index is 13.1. The van der Waals surface area contributed by atoms with Crippen LogP contribution in [0.5, 0.6) is 17.2 Å². The number of aliphatic carboxylic acids is 2. The molecule has 0 aromatic heterocycles. The molecule has 0 radical (unpaired) electrons. The third-order valence-corrected chi connectivity index (χ3v) is 14.7. The lowest BCUT2D eigenvalue weighted by molar-refractivity contribution is -0.140. The first-order valence-corrected chi connectivity index (χ1v) is 27.6. The van der Waals surface area contributed by atoms with Crippen molar-refractivity contribution >= 4 is 131 Å². The Labute approximate surface area is 494 Å². The van der Waals surface area contributed by atoms with Crippen molar-refractivity contribution in [1.29, 1.82) is 0 Å². The van der Waals surface area contributed by atoms with Crippen LogP contribution in [0.2, 0.25) is 0 Å². The molecule has 3 heterocycles. The second-order valence-corrected chi connectivity index (χ2v) is 21.4. The fourth-order valence-electron chi connectivity index (χ4n) is 7.86. The zero-order chi connectivity index (χ0) is 59.2. The number of esters is 1. The van der Waals surface area contributed by atoms with Gasteiger partial charge in [-0.2, -0.15) is 0 Å². The first kappa shape index (κ1) is 60.8. The second kappa shape index (κ2) is 28.0. The van der Waals surface area contributed by atoms with E-state index in [4.69, 9.17) is 24.4 Å². The molecular formula is C60H47Br2N3O15S2. The molecule has 418 valence electrons. The zero-order valence-electron chi connectivity index (χ0n) is 43.6. The molecule has 5 amide bonds. The van der Waals surface area contributed by atoms with E-state index in [1.165, 1.54) is 35.1 Å². The molecule has 2 saturated heterocycles. The highest BCUT2D eigenvalue weighted by Gasteiger charge is 2.39. The van der Waals surface area contributed by atoms with Crippen molar-refractivity contribution in [3.8, 4) is 17.2 Å². The molecule has 6 aromatic rings. The van der Waals surface area contributed by atoms with Gasteiger partial charge in [0, 0.05) is 37.0 Å². The van der Waals surface area contributed by atoms with Gasteiger partial charge in [0.05, 0.1) is 41.2 Å². The molecule has 6 aromatic carbocycles. The summed E-state index contributed by atoms with van der Waals surface area (Å²) in [7, 11) is 1.27. The quantitative estimate of drug-likeness (QED) is 0.0463. The number of phenols is 1. The number of carboxylic acid groups (broad SMARTS) is 2. The molecule has 82 heavy (non-hydrogen) atoms. The molecule has 22 heteroatoms. The minimum Gasteiger partial charge on any atom is -0.507 e. The molecule has 0 spiro atoms. The van der Waals surface area contributed by atoms with Gasteiger partial charge in [-0.05, 0) is 127 Å². The topological polar surface area (TPSA) is 252 Å². The summed E-state index contributed by atoms with van der Waals surface area (Å²) >= 11 is 8.32. The van der Waals surface area contributed by atoms with Crippen LogP contribution in [-0.2, 0) is 40.0 Å². The molecule has 3 aliphatic heterocycles. The number of Topliss-reactive ketones (excluding diaryl/α,β-unsaturated/α-hetero) is 1. The number of amides is 5. The number of para-hydroxylation sites is 1. The lowest BCUT2D eigenvalue weighted by Gasteiger charge is -2.18. The number of allylic oxidation sites excluding steroid dienone is 1. The van der Waals surface area contributed by atoms with E-state index < -0.39 is 48.2 Å². The number of anilines is 1. The van der Waals surface area contributed by atoms with Crippen molar-refractivity contribution in [2.45, 2.75) is 20.4 Å². The van der Waals surface area contributed by atoms with Gasteiger partial charge in [0.1, 0.15) is 17.2 Å². The van der Waals surface area contributed by atoms with Gasteiger partial charge in [-0.25, -0.2) is 14.4 Å². The van der Waals surface area contributed by atoms with E-state index in [0.29, 0.717) is 45.1 Å². The van der Waals surface area contributed by atoms with Crippen LogP contribution >= 0.6 is 55.4 Å². The number of carbonyl (C=O) groups is 9. The number of ether oxygens (including phenoxy) is 3. The number of ketones is 1. The number of thioether (sulfide) groups is 2. The summed E-state index contributed by atoms with van der Waals surface area (Å²) in [5.41, 5.74) is 5.38. The average molecular weight is 1270 g/mol. The Hall–Kier alpha value is -8.83. The number of halogens is 2. The van der Waals surface area contributed by atoms with E-state index in [9.17, 15) is 48.3 Å². The third kappa shape index (κ3) is 15.7. The van der Waals surface area contributed by atoms with Crippen LogP contribution in [0.15, 0.2) is 181 Å². The van der Waals surface area contributed by atoms with Crippen LogP contribution < -0.4 is 14.4 Å². The number of nitrogens with zero attached hydrogens (tertiary/aromatic N) is 3. The van der Waals surface area contributed by atoms with Crippen LogP contribution in [0.4, 0.5) is 15.3 Å². The molecule has 0 atom stereocenters. The molecule has 3 N–H and O–H groups in total. The second-order valence-electron chi connectivity index (χ2n) is 17.6. The highest BCUT2D eigenvalue weighted by Crippen LogP contribution is 2.38. The average Bonchev–Trinajstić information content (AvgIpc) is 4.14. The molecule has 0 unspecified atom stereocenters. The Morgan fingerprint density at radius 2 is 1.20 bits per heavy atom. The number of imide groups is 2. The fourth-order valence-corrected chi connectivity index (χ4v) is 10.2. The molecular weight excluding hydrogens is 1230 g/mol. The number of hydrogen-bond acceptors (Lipinski definition) is 15. The summed E-state index contributed by atoms with van der Waals surface area (Å²) in [6.07, 6.45) is 4.59. The SMILES string of the molecule is COC(=O)C1=C(C)N(c2ccc(Br)cc2)C(=O)/C1=C\c1ccccc1O.Cc1ccc(C(=O)CN2C(=O)S/C(=C\c3ccc(OCC(=O)O)cc3)C2=O)cc1.O=C(O)COc1ccc(Br)cc1/C=C1\SC(=O)N(Cc2ccccc2)C1=O. The Kier molecular flexibility index (Phi) is 20.8. The lowest BCUT2D eigenvalue weighted by atomic mass is 10.0. The van der Waals surface area contributed by atoms with Crippen LogP contribution in [0, 0.1) is 6.92 Å². The number of benzene rings is 6. The van der Waals surface area contributed by atoms with Gasteiger partial charge < -0.3 is 29.5 Å². The first-order valence-electron chi connectivity index (χ1n) is 24.3. The number of aromatic hydroxyl groups is 1. The molecule has 0 bridgehead atoms. The highest BCUT2D eigenvalue weighted by atomic mass is 79.9. The van der Waals surface area contributed by atoms with Crippen molar-refractivity contribution in [1.82, 2.24) is 9.80 Å². The van der Waals surface area contributed by atoms with Crippen molar-refractivity contribution in [2.24, 2.45) is 0 Å². The normalized spacial score (nSPS) is 15.4. The number of methoxy groups -OCH3 is 1. The molecule has 3 aliphatic rings. The molecule has 9 rings (SSSR count). The van der Waals surface area contributed by atoms with Crippen molar-refractivity contribution in [2.75, 3.05) is 31.8 Å². The molecule has 18 nitrogen and oxygen atoms in total. The number of aryl methyl sites for hydroxylation is 1. The lowest BCUT2D eigenvalue weighted by Crippen LogP contribution is -2.33. The van der Waals surface area contributed by atoms with Crippen LogP contribution in [-0.4, -0.2) is 104 Å². The van der Waals surface area contributed by atoms with E-state index >= 15 is 0 Å². The van der Waals surface area contributed by atoms with E-state index in [0.717, 1.165) is 48.5 Å². The first-order chi connectivity index (χ1) is 39.2. The van der Waals surface area contributed by atoms with Crippen LogP contribution in [0.3, 0.4) is 0 Å². The summed E-state index contributed by atoms with van der Waals surface area (Å²) < 4.78 is 16.8. The maximum atomic E-state index is 13.1. The number of rotatable bonds is 16. The Morgan fingerprint density at radius 1 is 0.610 bits per heavy atom. The van der Waals surface area contributed by atoms with Gasteiger partial charge in [-0.1, -0.05) is 122 Å². The van der Waals surface area contributed by atoms with E-state index in [1.54, 1.807) is 110 Å². The maximum Gasteiger partial charge on any atom is 0.341 e. The van der Waals surface area contributed by atoms with Gasteiger partial charge in [0.25, 0.3) is 28.2 Å². The number of phenolic OH excluding ortho intramolecular Hbond substituents is 1. The van der Waals surface area contributed by atoms with Crippen molar-refractivity contribution in [3.63, 3.8) is 0 Å². The monoisotopic (exact) mass is 1270 g/mol. The number of carboxylic acids is 2.